The van der Waals surface area contributed by atoms with Crippen molar-refractivity contribution >= 4 is 17.3 Å². The predicted octanol–water partition coefficient (Wildman–Crippen LogP) is 1.30. The molecule has 5 nitrogen and oxygen atoms in total. The standard InChI is InChI=1S/C11H15N5/c1-8-3-2-5-15(8)11-13-10-7-9(12)4-6-16(10)14-11/h4,6-8H,2-3,5,12H2,1H3. The van der Waals surface area contributed by atoms with Gasteiger partial charge in [0, 0.05) is 30.5 Å². The number of nitrogen functional groups attached to an aromatic ring is 1. The van der Waals surface area contributed by atoms with Gasteiger partial charge < -0.3 is 10.6 Å². The van der Waals surface area contributed by atoms with E-state index in [2.05, 4.69) is 21.9 Å². The molecule has 2 aromatic rings. The lowest BCUT2D eigenvalue weighted by atomic mass is 10.2. The highest BCUT2D eigenvalue weighted by molar-refractivity contribution is 5.53. The molecule has 1 saturated heterocycles. The highest BCUT2D eigenvalue weighted by atomic mass is 15.4. The molecule has 0 aliphatic carbocycles. The van der Waals surface area contributed by atoms with Crippen LogP contribution in [0.5, 0.6) is 0 Å². The number of nitrogens with two attached hydrogens (primary N) is 1. The molecule has 16 heavy (non-hydrogen) atoms. The number of pyridine rings is 1. The lowest BCUT2D eigenvalue weighted by molar-refractivity contribution is 0.716. The van der Waals surface area contributed by atoms with Crippen LogP contribution in [-0.2, 0) is 0 Å². The zero-order chi connectivity index (χ0) is 11.1. The minimum atomic E-state index is 0.537. The van der Waals surface area contributed by atoms with Gasteiger partial charge in [0.2, 0.25) is 5.95 Å². The Bertz CT molecular complexity index is 518. The number of rotatable bonds is 1. The average Bonchev–Trinajstić information content (AvgIpc) is 2.82. The van der Waals surface area contributed by atoms with Crippen molar-refractivity contribution in [2.24, 2.45) is 0 Å². The van der Waals surface area contributed by atoms with Crippen molar-refractivity contribution in [1.82, 2.24) is 14.6 Å². The summed E-state index contributed by atoms with van der Waals surface area (Å²) in [7, 11) is 0. The lowest BCUT2D eigenvalue weighted by Gasteiger charge is -2.18. The van der Waals surface area contributed by atoms with Gasteiger partial charge in [-0.25, -0.2) is 4.52 Å². The normalized spacial score (nSPS) is 20.8. The van der Waals surface area contributed by atoms with Gasteiger partial charge in [0.05, 0.1) is 0 Å². The van der Waals surface area contributed by atoms with Gasteiger partial charge >= 0.3 is 0 Å². The monoisotopic (exact) mass is 217 g/mol. The number of anilines is 2. The van der Waals surface area contributed by atoms with Crippen molar-refractivity contribution in [3.8, 4) is 0 Å². The first-order chi connectivity index (χ1) is 7.74. The molecule has 0 radical (unpaired) electrons. The van der Waals surface area contributed by atoms with Crippen LogP contribution in [0, 0.1) is 0 Å². The number of aromatic nitrogens is 3. The fourth-order valence-corrected chi connectivity index (χ4v) is 2.24. The van der Waals surface area contributed by atoms with E-state index >= 15 is 0 Å². The summed E-state index contributed by atoms with van der Waals surface area (Å²) in [6.45, 7) is 3.26. The van der Waals surface area contributed by atoms with Gasteiger partial charge in [-0.15, -0.1) is 5.10 Å². The summed E-state index contributed by atoms with van der Waals surface area (Å²) in [4.78, 5) is 6.76. The van der Waals surface area contributed by atoms with Gasteiger partial charge in [-0.3, -0.25) is 0 Å². The summed E-state index contributed by atoms with van der Waals surface area (Å²) in [6, 6.07) is 4.21. The van der Waals surface area contributed by atoms with Crippen molar-refractivity contribution in [3.05, 3.63) is 18.3 Å². The van der Waals surface area contributed by atoms with Crippen molar-refractivity contribution < 1.29 is 0 Å². The maximum Gasteiger partial charge on any atom is 0.245 e. The van der Waals surface area contributed by atoms with Crippen LogP contribution in [0.3, 0.4) is 0 Å². The second kappa shape index (κ2) is 3.37. The molecule has 5 heteroatoms. The molecule has 3 heterocycles. The second-order valence-corrected chi connectivity index (χ2v) is 4.36. The third kappa shape index (κ3) is 1.39. The molecule has 1 aliphatic rings. The zero-order valence-corrected chi connectivity index (χ0v) is 9.30. The van der Waals surface area contributed by atoms with Crippen LogP contribution in [0.25, 0.3) is 5.65 Å². The number of hydrogen-bond donors (Lipinski definition) is 1. The molecule has 1 unspecified atom stereocenters. The van der Waals surface area contributed by atoms with E-state index in [0.717, 1.165) is 23.8 Å². The summed E-state index contributed by atoms with van der Waals surface area (Å²) >= 11 is 0. The second-order valence-electron chi connectivity index (χ2n) is 4.36. The van der Waals surface area contributed by atoms with Crippen molar-refractivity contribution in [2.45, 2.75) is 25.8 Å². The number of fused-ring (bicyclic) bond motifs is 1. The molecule has 0 spiro atoms. The zero-order valence-electron chi connectivity index (χ0n) is 9.30. The third-order valence-electron chi connectivity index (χ3n) is 3.16. The summed E-state index contributed by atoms with van der Waals surface area (Å²) in [5, 5.41) is 4.46. The Hall–Kier alpha value is -1.78. The van der Waals surface area contributed by atoms with Crippen molar-refractivity contribution in [2.75, 3.05) is 17.2 Å². The van der Waals surface area contributed by atoms with Gasteiger partial charge in [0.15, 0.2) is 5.65 Å². The largest absolute Gasteiger partial charge is 0.399 e. The lowest BCUT2D eigenvalue weighted by Crippen LogP contribution is -2.27. The van der Waals surface area contributed by atoms with Gasteiger partial charge in [0.1, 0.15) is 0 Å². The molecule has 2 aromatic heterocycles. The first kappa shape index (κ1) is 9.45. The molecule has 1 atom stereocenters. The fraction of sp³-hybridized carbons (Fsp3) is 0.455. The molecule has 3 rings (SSSR count). The van der Waals surface area contributed by atoms with E-state index in [1.807, 2.05) is 18.3 Å². The van der Waals surface area contributed by atoms with E-state index in [9.17, 15) is 0 Å². The first-order valence-electron chi connectivity index (χ1n) is 5.62. The van der Waals surface area contributed by atoms with Crippen LogP contribution in [0.15, 0.2) is 18.3 Å². The van der Waals surface area contributed by atoms with Crippen LogP contribution in [-0.4, -0.2) is 27.2 Å². The van der Waals surface area contributed by atoms with E-state index < -0.39 is 0 Å². The molecular weight excluding hydrogens is 202 g/mol. The van der Waals surface area contributed by atoms with Gasteiger partial charge in [-0.05, 0) is 25.8 Å². The Kier molecular flexibility index (Phi) is 1.99. The van der Waals surface area contributed by atoms with E-state index in [-0.39, 0.29) is 0 Å². The smallest absolute Gasteiger partial charge is 0.245 e. The molecule has 2 N–H and O–H groups in total. The number of nitrogens with zero attached hydrogens (tertiary/aromatic N) is 4. The maximum atomic E-state index is 5.72. The number of hydrogen-bond acceptors (Lipinski definition) is 4. The van der Waals surface area contributed by atoms with Crippen LogP contribution in [0.1, 0.15) is 19.8 Å². The molecular formula is C11H15N5. The van der Waals surface area contributed by atoms with E-state index in [0.29, 0.717) is 6.04 Å². The molecule has 1 fully saturated rings. The van der Waals surface area contributed by atoms with Crippen LogP contribution in [0.2, 0.25) is 0 Å². The highest BCUT2D eigenvalue weighted by Gasteiger charge is 2.23. The SMILES string of the molecule is CC1CCCN1c1nc2cc(N)ccn2n1. The van der Waals surface area contributed by atoms with Crippen molar-refractivity contribution in [3.63, 3.8) is 0 Å². The van der Waals surface area contributed by atoms with Gasteiger partial charge in [0.25, 0.3) is 0 Å². The third-order valence-corrected chi connectivity index (χ3v) is 3.16. The molecule has 0 aromatic carbocycles. The minimum Gasteiger partial charge on any atom is -0.399 e. The summed E-state index contributed by atoms with van der Waals surface area (Å²) in [6.07, 6.45) is 4.29. The molecule has 0 amide bonds. The van der Waals surface area contributed by atoms with Crippen LogP contribution >= 0.6 is 0 Å². The van der Waals surface area contributed by atoms with Gasteiger partial charge in [-0.2, -0.15) is 4.98 Å². The summed E-state index contributed by atoms with van der Waals surface area (Å²) in [5.74, 6) is 0.815. The molecule has 0 saturated carbocycles. The molecule has 0 bridgehead atoms. The molecule has 84 valence electrons. The molecule has 1 aliphatic heterocycles. The van der Waals surface area contributed by atoms with Crippen molar-refractivity contribution in [1.29, 1.82) is 0 Å². The van der Waals surface area contributed by atoms with E-state index in [1.165, 1.54) is 12.8 Å². The Morgan fingerprint density at radius 1 is 1.50 bits per heavy atom. The topological polar surface area (TPSA) is 59.5 Å². The summed E-state index contributed by atoms with van der Waals surface area (Å²) < 4.78 is 1.77. The van der Waals surface area contributed by atoms with E-state index in [4.69, 9.17) is 5.73 Å². The maximum absolute atomic E-state index is 5.72. The fourth-order valence-electron chi connectivity index (χ4n) is 2.24. The highest BCUT2D eigenvalue weighted by Crippen LogP contribution is 2.22. The minimum absolute atomic E-state index is 0.537. The Labute approximate surface area is 93.9 Å². The Morgan fingerprint density at radius 2 is 2.38 bits per heavy atom. The van der Waals surface area contributed by atoms with Crippen LogP contribution in [0.4, 0.5) is 11.6 Å². The predicted molar refractivity (Wildman–Crippen MR) is 63.4 cm³/mol. The quantitative estimate of drug-likeness (QED) is 0.782. The Balaban J connectivity index is 2.04. The van der Waals surface area contributed by atoms with Gasteiger partial charge in [-0.1, -0.05) is 0 Å². The van der Waals surface area contributed by atoms with Crippen LogP contribution < -0.4 is 10.6 Å². The Morgan fingerprint density at radius 3 is 3.12 bits per heavy atom. The van der Waals surface area contributed by atoms with E-state index in [1.54, 1.807) is 4.52 Å². The average molecular weight is 217 g/mol. The first-order valence-corrected chi connectivity index (χ1v) is 5.62. The summed E-state index contributed by atoms with van der Waals surface area (Å²) in [5.41, 5.74) is 7.26.